The van der Waals surface area contributed by atoms with Gasteiger partial charge in [0.25, 0.3) is 0 Å². The third-order valence-corrected chi connectivity index (χ3v) is 9.91. The fourth-order valence-corrected chi connectivity index (χ4v) is 7.76. The Labute approximate surface area is 206 Å². The number of aromatic nitrogens is 3. The fraction of sp³-hybridized carbons (Fsp3) is 0.640. The monoisotopic (exact) mass is 496 g/mol. The molecule has 0 radical (unpaired) electrons. The summed E-state index contributed by atoms with van der Waals surface area (Å²) in [7, 11) is -3.23. The third-order valence-electron chi connectivity index (χ3n) is 8.71. The van der Waals surface area contributed by atoms with Crippen molar-refractivity contribution in [1.29, 1.82) is 0 Å². The van der Waals surface area contributed by atoms with Gasteiger partial charge in [-0.3, -0.25) is 4.90 Å². The van der Waals surface area contributed by atoms with Gasteiger partial charge in [0.2, 0.25) is 0 Å². The summed E-state index contributed by atoms with van der Waals surface area (Å²) in [6, 6.07) is 7.87. The molecule has 9 nitrogen and oxygen atoms in total. The SMILES string of the molecule is CS(=O)(=O)c1ccccc1CN1CC2(C1)CN(C(=O)N1CC3(CC(n4cnc(C5CC5)n4)C3)C1)C2. The number of sulfone groups is 1. The summed E-state index contributed by atoms with van der Waals surface area (Å²) in [5.41, 5.74) is 1.33. The lowest BCUT2D eigenvalue weighted by molar-refractivity contribution is -0.120. The second-order valence-corrected chi connectivity index (χ2v) is 13.9. The third kappa shape index (κ3) is 3.67. The molecule has 2 aliphatic carbocycles. The van der Waals surface area contributed by atoms with Gasteiger partial charge in [-0.15, -0.1) is 0 Å². The summed E-state index contributed by atoms with van der Waals surface area (Å²) >= 11 is 0. The number of urea groups is 1. The molecular weight excluding hydrogens is 464 g/mol. The van der Waals surface area contributed by atoms with Crippen molar-refractivity contribution in [3.05, 3.63) is 42.0 Å². The Balaban J connectivity index is 0.867. The Morgan fingerprint density at radius 1 is 1.00 bits per heavy atom. The van der Waals surface area contributed by atoms with Crippen molar-refractivity contribution in [3.63, 3.8) is 0 Å². The number of hydrogen-bond donors (Lipinski definition) is 0. The van der Waals surface area contributed by atoms with E-state index in [1.54, 1.807) is 12.1 Å². The summed E-state index contributed by atoms with van der Waals surface area (Å²) in [6.07, 6.45) is 7.80. The zero-order chi connectivity index (χ0) is 24.0. The van der Waals surface area contributed by atoms with Crippen LogP contribution >= 0.6 is 0 Å². The van der Waals surface area contributed by atoms with E-state index >= 15 is 0 Å². The molecule has 0 unspecified atom stereocenters. The van der Waals surface area contributed by atoms with E-state index in [4.69, 9.17) is 0 Å². The summed E-state index contributed by atoms with van der Waals surface area (Å²) in [6.45, 7) is 5.83. The highest BCUT2D eigenvalue weighted by Crippen LogP contribution is 2.54. The largest absolute Gasteiger partial charge is 0.323 e. The topological polar surface area (TPSA) is 91.6 Å². The van der Waals surface area contributed by atoms with E-state index in [1.165, 1.54) is 19.1 Å². The van der Waals surface area contributed by atoms with E-state index < -0.39 is 9.84 Å². The van der Waals surface area contributed by atoms with Crippen LogP contribution in [0.3, 0.4) is 0 Å². The number of hydrogen-bond acceptors (Lipinski definition) is 6. The van der Waals surface area contributed by atoms with Crippen LogP contribution in [0.5, 0.6) is 0 Å². The molecule has 3 aliphatic heterocycles. The number of carbonyl (C=O) groups is 1. The summed E-state index contributed by atoms with van der Waals surface area (Å²) in [4.78, 5) is 24.2. The van der Waals surface area contributed by atoms with Crippen LogP contribution in [0.4, 0.5) is 4.79 Å². The van der Waals surface area contributed by atoms with E-state index in [2.05, 4.69) is 19.7 Å². The molecule has 2 amide bonds. The second-order valence-electron chi connectivity index (χ2n) is 11.9. The minimum Gasteiger partial charge on any atom is -0.323 e. The summed E-state index contributed by atoms with van der Waals surface area (Å²) in [5.74, 6) is 1.60. The molecule has 1 aromatic carbocycles. The van der Waals surface area contributed by atoms with E-state index in [9.17, 15) is 13.2 Å². The van der Waals surface area contributed by atoms with E-state index in [0.29, 0.717) is 23.4 Å². The first-order valence-electron chi connectivity index (χ1n) is 12.7. The number of rotatable bonds is 5. The van der Waals surface area contributed by atoms with Crippen LogP contribution < -0.4 is 0 Å². The fourth-order valence-electron chi connectivity index (χ4n) is 6.83. The highest BCUT2D eigenvalue weighted by atomic mass is 32.2. The molecule has 1 aromatic heterocycles. The van der Waals surface area contributed by atoms with E-state index in [0.717, 1.165) is 63.5 Å². The van der Waals surface area contributed by atoms with Gasteiger partial charge in [0, 0.05) is 68.8 Å². The van der Waals surface area contributed by atoms with Gasteiger partial charge in [0.1, 0.15) is 6.33 Å². The minimum absolute atomic E-state index is 0.183. The van der Waals surface area contributed by atoms with Crippen molar-refractivity contribution >= 4 is 15.9 Å². The number of benzene rings is 1. The quantitative estimate of drug-likeness (QED) is 0.630. The van der Waals surface area contributed by atoms with E-state index in [1.807, 2.05) is 28.3 Å². The lowest BCUT2D eigenvalue weighted by atomic mass is 9.60. The lowest BCUT2D eigenvalue weighted by Crippen LogP contribution is -2.75. The predicted molar refractivity (Wildman–Crippen MR) is 129 cm³/mol. The normalized spacial score (nSPS) is 25.2. The van der Waals surface area contributed by atoms with Gasteiger partial charge < -0.3 is 9.80 Å². The van der Waals surface area contributed by atoms with Crippen LogP contribution in [-0.4, -0.2) is 89.4 Å². The van der Waals surface area contributed by atoms with Crippen LogP contribution in [-0.2, 0) is 16.4 Å². The van der Waals surface area contributed by atoms with Gasteiger partial charge in [-0.1, -0.05) is 18.2 Å². The average molecular weight is 497 g/mol. The van der Waals surface area contributed by atoms with Crippen molar-refractivity contribution < 1.29 is 13.2 Å². The maximum Gasteiger partial charge on any atom is 0.320 e. The molecule has 4 heterocycles. The predicted octanol–water partition coefficient (Wildman–Crippen LogP) is 2.13. The molecule has 0 atom stereocenters. The zero-order valence-electron chi connectivity index (χ0n) is 20.1. The standard InChI is InChI=1S/C25H32N6O3S/c1-35(33,34)21-5-3-2-4-19(21)10-28-11-25(12-28)15-30(16-25)23(32)29-13-24(14-29)8-20(9-24)31-17-26-22(27-31)18-6-7-18/h2-5,17-18,20H,6-16H2,1H3. The smallest absolute Gasteiger partial charge is 0.320 e. The van der Waals surface area contributed by atoms with Crippen LogP contribution in [0, 0.1) is 10.8 Å². The van der Waals surface area contributed by atoms with Crippen LogP contribution in [0.2, 0.25) is 0 Å². The van der Waals surface area contributed by atoms with Crippen molar-refractivity contribution in [1.82, 2.24) is 29.5 Å². The second kappa shape index (κ2) is 7.29. The number of nitrogens with zero attached hydrogens (tertiary/aromatic N) is 6. The van der Waals surface area contributed by atoms with Gasteiger partial charge in [-0.2, -0.15) is 5.10 Å². The Bertz CT molecular complexity index is 1270. The maximum atomic E-state index is 13.0. The lowest BCUT2D eigenvalue weighted by Gasteiger charge is -2.63. The number of amides is 2. The van der Waals surface area contributed by atoms with Crippen LogP contribution in [0.25, 0.3) is 0 Å². The summed E-state index contributed by atoms with van der Waals surface area (Å²) in [5, 5.41) is 4.69. The molecule has 5 fully saturated rings. The van der Waals surface area contributed by atoms with E-state index in [-0.39, 0.29) is 16.9 Å². The van der Waals surface area contributed by atoms with Gasteiger partial charge >= 0.3 is 6.03 Å². The van der Waals surface area contributed by atoms with Crippen LogP contribution in [0.15, 0.2) is 35.5 Å². The molecule has 2 aromatic rings. The van der Waals surface area contributed by atoms with Crippen molar-refractivity contribution in [2.24, 2.45) is 10.8 Å². The number of likely N-dealkylation sites (tertiary alicyclic amines) is 3. The first kappa shape index (κ1) is 21.8. The highest BCUT2D eigenvalue weighted by molar-refractivity contribution is 7.90. The molecule has 5 aliphatic rings. The molecule has 0 bridgehead atoms. The Hall–Kier alpha value is -2.46. The molecule has 7 rings (SSSR count). The maximum absolute atomic E-state index is 13.0. The Morgan fingerprint density at radius 3 is 2.31 bits per heavy atom. The van der Waals surface area contributed by atoms with Crippen LogP contribution in [0.1, 0.15) is 49.0 Å². The molecule has 0 N–H and O–H groups in total. The molecule has 3 saturated heterocycles. The van der Waals surface area contributed by atoms with Crippen molar-refractivity contribution in [3.8, 4) is 0 Å². The highest BCUT2D eigenvalue weighted by Gasteiger charge is 2.58. The van der Waals surface area contributed by atoms with Crippen molar-refractivity contribution in [2.45, 2.75) is 49.1 Å². The van der Waals surface area contributed by atoms with Gasteiger partial charge in [0.15, 0.2) is 15.7 Å². The molecule has 186 valence electrons. The van der Waals surface area contributed by atoms with Gasteiger partial charge in [-0.25, -0.2) is 22.9 Å². The molecule has 2 saturated carbocycles. The van der Waals surface area contributed by atoms with Gasteiger partial charge in [-0.05, 0) is 37.3 Å². The van der Waals surface area contributed by atoms with Gasteiger partial charge in [0.05, 0.1) is 10.9 Å². The first-order chi connectivity index (χ1) is 16.7. The molecular formula is C25H32N6O3S. The van der Waals surface area contributed by atoms with Crippen molar-refractivity contribution in [2.75, 3.05) is 45.5 Å². The molecule has 2 spiro atoms. The first-order valence-corrected chi connectivity index (χ1v) is 14.6. The molecule has 35 heavy (non-hydrogen) atoms. The minimum atomic E-state index is -3.23. The zero-order valence-corrected chi connectivity index (χ0v) is 21.0. The Morgan fingerprint density at radius 2 is 1.66 bits per heavy atom. The Kier molecular flexibility index (Phi) is 4.54. The summed E-state index contributed by atoms with van der Waals surface area (Å²) < 4.78 is 26.2. The number of carbonyl (C=O) groups excluding carboxylic acids is 1. The average Bonchev–Trinajstić information content (AvgIpc) is 3.44. The molecule has 10 heteroatoms.